The zero-order valence-corrected chi connectivity index (χ0v) is 20.1. The number of rotatable bonds is 14. The number of nitrogens with one attached hydrogen (secondary N) is 2. The molecule has 2 N–H and O–H groups in total. The SMILES string of the molecule is CCCCOc1ccc(CN[C@@H]2CCCC[C@H]2NCc2ccc(OCCCC)cc2)cc1. The van der Waals surface area contributed by atoms with Crippen LogP contribution < -0.4 is 20.1 Å². The Morgan fingerprint density at radius 1 is 0.656 bits per heavy atom. The topological polar surface area (TPSA) is 42.5 Å². The molecule has 0 amide bonds. The molecule has 0 spiro atoms. The van der Waals surface area contributed by atoms with E-state index in [1.54, 1.807) is 0 Å². The average Bonchev–Trinajstić information content (AvgIpc) is 2.84. The molecule has 2 aromatic carbocycles. The molecule has 3 rings (SSSR count). The summed E-state index contributed by atoms with van der Waals surface area (Å²) < 4.78 is 11.6. The highest BCUT2D eigenvalue weighted by Gasteiger charge is 2.24. The largest absolute Gasteiger partial charge is 0.494 e. The van der Waals surface area contributed by atoms with Crippen molar-refractivity contribution in [1.29, 1.82) is 0 Å². The van der Waals surface area contributed by atoms with Crippen LogP contribution in [-0.2, 0) is 13.1 Å². The molecule has 4 heteroatoms. The summed E-state index contributed by atoms with van der Waals surface area (Å²) in [7, 11) is 0. The lowest BCUT2D eigenvalue weighted by Gasteiger charge is -2.33. The van der Waals surface area contributed by atoms with Crippen molar-refractivity contribution in [2.24, 2.45) is 0 Å². The first kappa shape index (κ1) is 24.6. The van der Waals surface area contributed by atoms with Crippen molar-refractivity contribution in [3.63, 3.8) is 0 Å². The fourth-order valence-corrected chi connectivity index (χ4v) is 4.19. The van der Waals surface area contributed by atoms with Crippen LogP contribution in [0.5, 0.6) is 11.5 Å². The van der Waals surface area contributed by atoms with Crippen LogP contribution >= 0.6 is 0 Å². The second-order valence-electron chi connectivity index (χ2n) is 8.95. The summed E-state index contributed by atoms with van der Waals surface area (Å²) in [6.45, 7) is 7.79. The van der Waals surface area contributed by atoms with Gasteiger partial charge in [-0.1, -0.05) is 63.8 Å². The lowest BCUT2D eigenvalue weighted by atomic mass is 9.90. The minimum absolute atomic E-state index is 0.515. The normalized spacial score (nSPS) is 18.4. The van der Waals surface area contributed by atoms with E-state index in [9.17, 15) is 0 Å². The third-order valence-electron chi connectivity index (χ3n) is 6.28. The van der Waals surface area contributed by atoms with Crippen molar-refractivity contribution in [2.75, 3.05) is 13.2 Å². The summed E-state index contributed by atoms with van der Waals surface area (Å²) in [6.07, 6.45) is 9.63. The molecular weight excluding hydrogens is 396 g/mol. The van der Waals surface area contributed by atoms with Gasteiger partial charge in [0.15, 0.2) is 0 Å². The van der Waals surface area contributed by atoms with Gasteiger partial charge in [0.1, 0.15) is 11.5 Å². The predicted octanol–water partition coefficient (Wildman–Crippen LogP) is 6.24. The number of ether oxygens (including phenoxy) is 2. The van der Waals surface area contributed by atoms with Crippen molar-refractivity contribution in [1.82, 2.24) is 10.6 Å². The van der Waals surface area contributed by atoms with Gasteiger partial charge >= 0.3 is 0 Å². The molecule has 2 aromatic rings. The summed E-state index contributed by atoms with van der Waals surface area (Å²) in [5, 5.41) is 7.62. The van der Waals surface area contributed by atoms with Crippen LogP contribution in [0.1, 0.15) is 76.3 Å². The number of benzene rings is 2. The fourth-order valence-electron chi connectivity index (χ4n) is 4.19. The average molecular weight is 439 g/mol. The van der Waals surface area contributed by atoms with E-state index in [0.717, 1.165) is 63.5 Å². The standard InChI is InChI=1S/C28H42N2O2/c1-3-5-19-31-25-15-11-23(12-16-25)21-29-27-9-7-8-10-28(27)30-22-24-13-17-26(18-14-24)32-20-6-4-2/h11-18,27-30H,3-10,19-22H2,1-2H3/t27-,28-/m1/s1. The Labute approximate surface area is 195 Å². The molecule has 0 heterocycles. The molecule has 1 fully saturated rings. The molecule has 0 aliphatic heterocycles. The first-order chi connectivity index (χ1) is 15.8. The molecule has 176 valence electrons. The van der Waals surface area contributed by atoms with Gasteiger partial charge in [-0.3, -0.25) is 0 Å². The first-order valence-corrected chi connectivity index (χ1v) is 12.7. The van der Waals surface area contributed by atoms with Gasteiger partial charge in [-0.05, 0) is 61.1 Å². The van der Waals surface area contributed by atoms with Crippen molar-refractivity contribution in [2.45, 2.75) is 90.4 Å². The summed E-state index contributed by atoms with van der Waals surface area (Å²) in [6, 6.07) is 18.2. The maximum Gasteiger partial charge on any atom is 0.119 e. The Balaban J connectivity index is 1.43. The maximum atomic E-state index is 5.78. The number of unbranched alkanes of at least 4 members (excludes halogenated alkanes) is 2. The first-order valence-electron chi connectivity index (χ1n) is 12.7. The third kappa shape index (κ3) is 8.48. The van der Waals surface area contributed by atoms with Crippen LogP contribution in [0.3, 0.4) is 0 Å². The minimum Gasteiger partial charge on any atom is -0.494 e. The van der Waals surface area contributed by atoms with Gasteiger partial charge in [0, 0.05) is 25.2 Å². The van der Waals surface area contributed by atoms with Gasteiger partial charge in [0.05, 0.1) is 13.2 Å². The Morgan fingerprint density at radius 3 is 1.44 bits per heavy atom. The van der Waals surface area contributed by atoms with E-state index < -0.39 is 0 Å². The third-order valence-corrected chi connectivity index (χ3v) is 6.28. The van der Waals surface area contributed by atoms with Gasteiger partial charge in [-0.15, -0.1) is 0 Å². The van der Waals surface area contributed by atoms with E-state index in [-0.39, 0.29) is 0 Å². The van der Waals surface area contributed by atoms with Crippen LogP contribution in [0.15, 0.2) is 48.5 Å². The monoisotopic (exact) mass is 438 g/mol. The molecule has 1 aliphatic carbocycles. The van der Waals surface area contributed by atoms with E-state index >= 15 is 0 Å². The van der Waals surface area contributed by atoms with Crippen LogP contribution in [0, 0.1) is 0 Å². The fraction of sp³-hybridized carbons (Fsp3) is 0.571. The summed E-state index contributed by atoms with van der Waals surface area (Å²) in [5.74, 6) is 1.95. The minimum atomic E-state index is 0.515. The van der Waals surface area contributed by atoms with Gasteiger partial charge in [0.2, 0.25) is 0 Å². The van der Waals surface area contributed by atoms with Gasteiger partial charge in [-0.2, -0.15) is 0 Å². The van der Waals surface area contributed by atoms with Crippen molar-refractivity contribution in [3.05, 3.63) is 59.7 Å². The smallest absolute Gasteiger partial charge is 0.119 e. The number of hydrogen-bond donors (Lipinski definition) is 2. The summed E-state index contributed by atoms with van der Waals surface area (Å²) in [5.41, 5.74) is 2.63. The van der Waals surface area contributed by atoms with Crippen LogP contribution in [-0.4, -0.2) is 25.3 Å². The van der Waals surface area contributed by atoms with Crippen LogP contribution in [0.2, 0.25) is 0 Å². The van der Waals surface area contributed by atoms with E-state index in [1.165, 1.54) is 36.8 Å². The molecule has 2 atom stereocenters. The molecule has 0 bridgehead atoms. The Hall–Kier alpha value is -2.04. The van der Waals surface area contributed by atoms with Crippen molar-refractivity contribution < 1.29 is 9.47 Å². The van der Waals surface area contributed by atoms with E-state index in [4.69, 9.17) is 9.47 Å². The molecule has 0 aromatic heterocycles. The molecule has 1 saturated carbocycles. The van der Waals surface area contributed by atoms with E-state index in [0.29, 0.717) is 12.1 Å². The highest BCUT2D eigenvalue weighted by Crippen LogP contribution is 2.21. The predicted molar refractivity (Wildman–Crippen MR) is 133 cm³/mol. The summed E-state index contributed by atoms with van der Waals surface area (Å²) >= 11 is 0. The van der Waals surface area contributed by atoms with Crippen LogP contribution in [0.25, 0.3) is 0 Å². The van der Waals surface area contributed by atoms with Crippen molar-refractivity contribution >= 4 is 0 Å². The molecule has 1 aliphatic rings. The maximum absolute atomic E-state index is 5.78. The molecule has 0 unspecified atom stereocenters. The van der Waals surface area contributed by atoms with Gasteiger partial charge in [-0.25, -0.2) is 0 Å². The highest BCUT2D eigenvalue weighted by molar-refractivity contribution is 5.28. The molecule has 0 radical (unpaired) electrons. The lowest BCUT2D eigenvalue weighted by molar-refractivity contribution is 0.281. The molecule has 4 nitrogen and oxygen atoms in total. The van der Waals surface area contributed by atoms with Gasteiger partial charge in [0.25, 0.3) is 0 Å². The highest BCUT2D eigenvalue weighted by atomic mass is 16.5. The zero-order valence-electron chi connectivity index (χ0n) is 20.1. The van der Waals surface area contributed by atoms with E-state index in [2.05, 4.69) is 73.0 Å². The summed E-state index contributed by atoms with van der Waals surface area (Å²) in [4.78, 5) is 0. The Bertz CT molecular complexity index is 680. The lowest BCUT2D eigenvalue weighted by Crippen LogP contribution is -2.49. The number of hydrogen-bond acceptors (Lipinski definition) is 4. The molecule has 0 saturated heterocycles. The Morgan fingerprint density at radius 2 is 1.06 bits per heavy atom. The zero-order chi connectivity index (χ0) is 22.4. The second kappa shape index (κ2) is 14.2. The van der Waals surface area contributed by atoms with Crippen molar-refractivity contribution in [3.8, 4) is 11.5 Å². The molecule has 32 heavy (non-hydrogen) atoms. The molecular formula is C28H42N2O2. The Kier molecular flexibility index (Phi) is 10.9. The second-order valence-corrected chi connectivity index (χ2v) is 8.95. The quantitative estimate of drug-likeness (QED) is 0.343. The van der Waals surface area contributed by atoms with Gasteiger partial charge < -0.3 is 20.1 Å². The van der Waals surface area contributed by atoms with Crippen LogP contribution in [0.4, 0.5) is 0 Å². The van der Waals surface area contributed by atoms with E-state index in [1.807, 2.05) is 0 Å².